The van der Waals surface area contributed by atoms with Gasteiger partial charge in [-0.15, -0.1) is 0 Å². The third kappa shape index (κ3) is 3.73. The average Bonchev–Trinajstić information content (AvgIpc) is 2.13. The molecule has 84 valence electrons. The monoisotopic (exact) mass is 339 g/mol. The summed E-state index contributed by atoms with van der Waals surface area (Å²) < 4.78 is 27.0. The number of aryl methyl sites for hydroxylation is 1. The van der Waals surface area contributed by atoms with E-state index in [0.29, 0.717) is 11.4 Å². The van der Waals surface area contributed by atoms with E-state index < -0.39 is 10.0 Å². The van der Waals surface area contributed by atoms with E-state index in [2.05, 4.69) is 27.3 Å². The van der Waals surface area contributed by atoms with Gasteiger partial charge in [0, 0.05) is 10.1 Å². The molecule has 1 aromatic carbocycles. The van der Waals surface area contributed by atoms with Crippen molar-refractivity contribution in [2.45, 2.75) is 25.2 Å². The molecule has 3 nitrogen and oxygen atoms in total. The van der Waals surface area contributed by atoms with Gasteiger partial charge in [-0.25, -0.2) is 13.1 Å². The minimum atomic E-state index is -3.32. The summed E-state index contributed by atoms with van der Waals surface area (Å²) >= 11 is 2.12. The first kappa shape index (κ1) is 12.9. The molecule has 1 rings (SSSR count). The lowest BCUT2D eigenvalue weighted by Crippen LogP contribution is -2.24. The van der Waals surface area contributed by atoms with E-state index in [-0.39, 0.29) is 0 Å². The van der Waals surface area contributed by atoms with Crippen molar-refractivity contribution in [3.8, 4) is 0 Å². The quantitative estimate of drug-likeness (QED) is 0.856. The average molecular weight is 339 g/mol. The zero-order valence-corrected chi connectivity index (χ0v) is 11.7. The molecule has 0 radical (unpaired) electrons. The van der Waals surface area contributed by atoms with Crippen LogP contribution in [-0.4, -0.2) is 15.0 Å². The van der Waals surface area contributed by atoms with Crippen molar-refractivity contribution in [3.05, 3.63) is 27.3 Å². The maximum absolute atomic E-state index is 11.8. The highest BCUT2D eigenvalue weighted by molar-refractivity contribution is 14.1. The predicted octanol–water partition coefficient (Wildman–Crippen LogP) is 2.29. The molecule has 1 N–H and O–H groups in total. The largest absolute Gasteiger partial charge is 0.240 e. The summed E-state index contributed by atoms with van der Waals surface area (Å²) in [7, 11) is -3.32. The molecule has 0 aliphatic rings. The predicted molar refractivity (Wildman–Crippen MR) is 69.4 cm³/mol. The number of halogens is 1. The molecule has 0 aromatic heterocycles. The molecule has 0 saturated carbocycles. The maximum Gasteiger partial charge on any atom is 0.240 e. The van der Waals surface area contributed by atoms with Crippen molar-refractivity contribution in [1.29, 1.82) is 0 Å². The first-order valence-electron chi connectivity index (χ1n) is 4.72. The third-order valence-corrected chi connectivity index (χ3v) is 3.93. The van der Waals surface area contributed by atoms with Gasteiger partial charge in [-0.05, 0) is 59.7 Å². The zero-order chi connectivity index (χ0) is 11.5. The van der Waals surface area contributed by atoms with Crippen molar-refractivity contribution in [1.82, 2.24) is 4.72 Å². The Morgan fingerprint density at radius 2 is 2.00 bits per heavy atom. The number of rotatable bonds is 4. The Bertz CT molecular complexity index is 422. The summed E-state index contributed by atoms with van der Waals surface area (Å²) in [4.78, 5) is 0.348. The van der Waals surface area contributed by atoms with Gasteiger partial charge in [-0.3, -0.25) is 0 Å². The molecule has 1 aromatic rings. The van der Waals surface area contributed by atoms with Gasteiger partial charge in [0.1, 0.15) is 0 Å². The van der Waals surface area contributed by atoms with Gasteiger partial charge >= 0.3 is 0 Å². The number of nitrogens with one attached hydrogen (secondary N) is 1. The van der Waals surface area contributed by atoms with Gasteiger partial charge in [0.15, 0.2) is 0 Å². The second kappa shape index (κ2) is 5.27. The summed E-state index contributed by atoms with van der Waals surface area (Å²) in [5.74, 6) is 0. The fraction of sp³-hybridized carbons (Fsp3) is 0.400. The first-order valence-corrected chi connectivity index (χ1v) is 7.29. The van der Waals surface area contributed by atoms with E-state index >= 15 is 0 Å². The number of benzene rings is 1. The Hall–Kier alpha value is -0.140. The van der Waals surface area contributed by atoms with Crippen LogP contribution in [-0.2, 0) is 10.0 Å². The highest BCUT2D eigenvalue weighted by Crippen LogP contribution is 2.16. The SMILES string of the molecule is CCCNS(=O)(=O)c1cc(C)cc(I)c1. The Kier molecular flexibility index (Phi) is 4.54. The molecule has 0 aliphatic heterocycles. The van der Waals surface area contributed by atoms with E-state index in [4.69, 9.17) is 0 Å². The van der Waals surface area contributed by atoms with Crippen LogP contribution in [0, 0.1) is 10.5 Å². The number of sulfonamides is 1. The van der Waals surface area contributed by atoms with Gasteiger partial charge < -0.3 is 0 Å². The standard InChI is InChI=1S/C10H14INO2S/c1-3-4-12-15(13,14)10-6-8(2)5-9(11)7-10/h5-7,12H,3-4H2,1-2H3. The van der Waals surface area contributed by atoms with Crippen LogP contribution in [0.4, 0.5) is 0 Å². The molecular weight excluding hydrogens is 325 g/mol. The van der Waals surface area contributed by atoms with Gasteiger partial charge in [0.25, 0.3) is 0 Å². The van der Waals surface area contributed by atoms with Crippen molar-refractivity contribution in [3.63, 3.8) is 0 Å². The highest BCUT2D eigenvalue weighted by Gasteiger charge is 2.13. The molecule has 0 amide bonds. The summed E-state index contributed by atoms with van der Waals surface area (Å²) in [5, 5.41) is 0. The number of hydrogen-bond acceptors (Lipinski definition) is 2. The summed E-state index contributed by atoms with van der Waals surface area (Å²) in [6, 6.07) is 5.30. The van der Waals surface area contributed by atoms with Gasteiger partial charge in [0.05, 0.1) is 4.90 Å². The fourth-order valence-electron chi connectivity index (χ4n) is 1.18. The van der Waals surface area contributed by atoms with Crippen molar-refractivity contribution >= 4 is 32.6 Å². The van der Waals surface area contributed by atoms with E-state index in [1.54, 1.807) is 12.1 Å². The van der Waals surface area contributed by atoms with E-state index in [1.165, 1.54) is 0 Å². The lowest BCUT2D eigenvalue weighted by atomic mass is 10.2. The number of hydrogen-bond donors (Lipinski definition) is 1. The second-order valence-electron chi connectivity index (χ2n) is 3.36. The Labute approximate surface area is 104 Å². The normalized spacial score (nSPS) is 11.7. The fourth-order valence-corrected chi connectivity index (χ4v) is 3.48. The first-order chi connectivity index (χ1) is 6.95. The molecule has 0 heterocycles. The van der Waals surface area contributed by atoms with Crippen LogP contribution in [0.15, 0.2) is 23.1 Å². The van der Waals surface area contributed by atoms with Crippen LogP contribution in [0.2, 0.25) is 0 Å². The smallest absolute Gasteiger partial charge is 0.211 e. The minimum Gasteiger partial charge on any atom is -0.211 e. The molecule has 0 bridgehead atoms. The Morgan fingerprint density at radius 3 is 2.53 bits per heavy atom. The molecule has 0 atom stereocenters. The van der Waals surface area contributed by atoms with Crippen LogP contribution in [0.1, 0.15) is 18.9 Å². The topological polar surface area (TPSA) is 46.2 Å². The lowest BCUT2D eigenvalue weighted by Gasteiger charge is -2.06. The third-order valence-electron chi connectivity index (χ3n) is 1.87. The van der Waals surface area contributed by atoms with E-state index in [9.17, 15) is 8.42 Å². The minimum absolute atomic E-state index is 0.348. The summed E-state index contributed by atoms with van der Waals surface area (Å²) in [5.41, 5.74) is 0.957. The molecule has 15 heavy (non-hydrogen) atoms. The molecule has 0 aliphatic carbocycles. The van der Waals surface area contributed by atoms with Crippen LogP contribution >= 0.6 is 22.6 Å². The molecule has 0 unspecified atom stereocenters. The van der Waals surface area contributed by atoms with E-state index in [0.717, 1.165) is 15.6 Å². The van der Waals surface area contributed by atoms with Crippen LogP contribution in [0.3, 0.4) is 0 Å². The molecule has 0 fully saturated rings. The van der Waals surface area contributed by atoms with Crippen LogP contribution < -0.4 is 4.72 Å². The second-order valence-corrected chi connectivity index (χ2v) is 6.37. The van der Waals surface area contributed by atoms with Crippen molar-refractivity contribution < 1.29 is 8.42 Å². The maximum atomic E-state index is 11.8. The molecular formula is C10H14INO2S. The molecule has 0 saturated heterocycles. The zero-order valence-electron chi connectivity index (χ0n) is 8.75. The van der Waals surface area contributed by atoms with Gasteiger partial charge in [-0.1, -0.05) is 6.92 Å². The van der Waals surface area contributed by atoms with Gasteiger partial charge in [-0.2, -0.15) is 0 Å². The highest BCUT2D eigenvalue weighted by atomic mass is 127. The van der Waals surface area contributed by atoms with Crippen molar-refractivity contribution in [2.75, 3.05) is 6.54 Å². The van der Waals surface area contributed by atoms with Crippen molar-refractivity contribution in [2.24, 2.45) is 0 Å². The lowest BCUT2D eigenvalue weighted by molar-refractivity contribution is 0.580. The molecule has 5 heteroatoms. The summed E-state index contributed by atoms with van der Waals surface area (Å²) in [6.45, 7) is 4.30. The van der Waals surface area contributed by atoms with Crippen LogP contribution in [0.25, 0.3) is 0 Å². The van der Waals surface area contributed by atoms with Gasteiger partial charge in [0.2, 0.25) is 10.0 Å². The van der Waals surface area contributed by atoms with Crippen LogP contribution in [0.5, 0.6) is 0 Å². The molecule has 0 spiro atoms. The summed E-state index contributed by atoms with van der Waals surface area (Å²) in [6.07, 6.45) is 0.794. The van der Waals surface area contributed by atoms with E-state index in [1.807, 2.05) is 19.9 Å². The Morgan fingerprint density at radius 1 is 1.33 bits per heavy atom. The Balaban J connectivity index is 3.04.